The van der Waals surface area contributed by atoms with Crippen molar-refractivity contribution in [2.24, 2.45) is 0 Å². The van der Waals surface area contributed by atoms with E-state index in [0.29, 0.717) is 0 Å². The molecule has 9 aromatic carbocycles. The average molecular weight is 803 g/mol. The zero-order valence-electron chi connectivity index (χ0n) is 34.2. The molecule has 0 aliphatic heterocycles. The molecular formula is C59H38N4. The van der Waals surface area contributed by atoms with Crippen LogP contribution in [-0.2, 0) is 0 Å². The van der Waals surface area contributed by atoms with Crippen molar-refractivity contribution in [1.29, 1.82) is 0 Å². The van der Waals surface area contributed by atoms with E-state index < -0.39 is 0 Å². The summed E-state index contributed by atoms with van der Waals surface area (Å²) in [6, 6.07) is 77.9. The first-order valence-corrected chi connectivity index (χ1v) is 21.3. The summed E-state index contributed by atoms with van der Waals surface area (Å²) in [6.07, 6.45) is 3.80. The second-order valence-corrected chi connectivity index (χ2v) is 16.0. The SMILES string of the molecule is c1ccc(-c2nc(-c3ccc(N(c4ccc(-c5cnc6ccccc6c5)cc4)c4ccc(-c5ccc6c7ccccc7c7ccccc7c6c5)cc4)cc3)cc3cccnc23)cc1. The fourth-order valence-corrected chi connectivity index (χ4v) is 9.18. The minimum atomic E-state index is 0.879. The van der Waals surface area contributed by atoms with Crippen LogP contribution < -0.4 is 4.90 Å². The Bertz CT molecular complexity index is 3620. The molecule has 0 aliphatic carbocycles. The van der Waals surface area contributed by atoms with Gasteiger partial charge in [0, 0.05) is 56.9 Å². The van der Waals surface area contributed by atoms with Gasteiger partial charge in [-0.1, -0.05) is 152 Å². The maximum atomic E-state index is 5.20. The Morgan fingerprint density at radius 2 is 0.841 bits per heavy atom. The Morgan fingerprint density at radius 3 is 1.51 bits per heavy atom. The van der Waals surface area contributed by atoms with Crippen molar-refractivity contribution in [3.05, 3.63) is 231 Å². The predicted molar refractivity (Wildman–Crippen MR) is 264 cm³/mol. The molecule has 0 amide bonds. The van der Waals surface area contributed by atoms with E-state index in [1.54, 1.807) is 0 Å². The smallest absolute Gasteiger partial charge is 0.0972 e. The van der Waals surface area contributed by atoms with E-state index in [9.17, 15) is 0 Å². The quantitative estimate of drug-likeness (QED) is 0.151. The van der Waals surface area contributed by atoms with Crippen molar-refractivity contribution in [2.45, 2.75) is 0 Å². The number of hydrogen-bond acceptors (Lipinski definition) is 4. The number of rotatable bonds is 7. The molecule has 0 aliphatic rings. The molecular weight excluding hydrogens is 765 g/mol. The molecule has 0 bridgehead atoms. The highest BCUT2D eigenvalue weighted by molar-refractivity contribution is 6.25. The van der Waals surface area contributed by atoms with E-state index in [0.717, 1.165) is 72.5 Å². The van der Waals surface area contributed by atoms with Gasteiger partial charge in [-0.15, -0.1) is 0 Å². The maximum absolute atomic E-state index is 5.20. The minimum absolute atomic E-state index is 0.879. The maximum Gasteiger partial charge on any atom is 0.0972 e. The van der Waals surface area contributed by atoms with Gasteiger partial charge in [0.1, 0.15) is 0 Å². The lowest BCUT2D eigenvalue weighted by Crippen LogP contribution is -2.09. The van der Waals surface area contributed by atoms with Crippen molar-refractivity contribution in [2.75, 3.05) is 4.90 Å². The Balaban J connectivity index is 0.940. The Hall–Kier alpha value is -8.47. The molecule has 4 nitrogen and oxygen atoms in total. The Labute approximate surface area is 365 Å². The first-order chi connectivity index (χ1) is 31.2. The normalized spacial score (nSPS) is 11.5. The second-order valence-electron chi connectivity index (χ2n) is 16.0. The summed E-state index contributed by atoms with van der Waals surface area (Å²) in [7, 11) is 0. The van der Waals surface area contributed by atoms with Gasteiger partial charge in [0.05, 0.1) is 22.4 Å². The molecule has 12 rings (SSSR count). The molecule has 3 aromatic heterocycles. The number of nitrogens with zero attached hydrogens (tertiary/aromatic N) is 4. The number of fused-ring (bicyclic) bond motifs is 8. The molecule has 0 saturated heterocycles. The first kappa shape index (κ1) is 36.4. The standard InChI is InChI=1S/C59H38N4/c1-2-11-42(12-3-1)59-58-45(14-10-34-60-58)37-57(62-59)41-24-31-49(32-25-41)63(48-29-22-40(23-30-48)46-35-44-13-4-9-19-56(44)61-38-46)47-27-20-39(21-28-47)43-26-33-54-52-17-6-5-15-50(52)51-16-7-8-18-53(51)55(54)36-43/h1-38H. The van der Waals surface area contributed by atoms with Gasteiger partial charge in [0.2, 0.25) is 0 Å². The van der Waals surface area contributed by atoms with Gasteiger partial charge < -0.3 is 4.90 Å². The Kier molecular flexibility index (Phi) is 8.79. The van der Waals surface area contributed by atoms with E-state index in [4.69, 9.17) is 15.0 Å². The van der Waals surface area contributed by atoms with Crippen molar-refractivity contribution >= 4 is 71.2 Å². The van der Waals surface area contributed by atoms with Crippen LogP contribution in [0.3, 0.4) is 0 Å². The molecule has 12 aromatic rings. The van der Waals surface area contributed by atoms with Crippen LogP contribution in [0.1, 0.15) is 0 Å². The van der Waals surface area contributed by atoms with Gasteiger partial charge in [-0.2, -0.15) is 0 Å². The third kappa shape index (κ3) is 6.53. The third-order valence-electron chi connectivity index (χ3n) is 12.3. The number of hydrogen-bond donors (Lipinski definition) is 0. The van der Waals surface area contributed by atoms with Crippen LogP contribution in [0, 0.1) is 0 Å². The van der Waals surface area contributed by atoms with Crippen LogP contribution in [0.25, 0.3) is 98.9 Å². The predicted octanol–water partition coefficient (Wildman–Crippen LogP) is 15.8. The van der Waals surface area contributed by atoms with E-state index in [-0.39, 0.29) is 0 Å². The van der Waals surface area contributed by atoms with Gasteiger partial charge >= 0.3 is 0 Å². The molecule has 0 atom stereocenters. The summed E-state index contributed by atoms with van der Waals surface area (Å²) in [5.41, 5.74) is 13.5. The van der Waals surface area contributed by atoms with Gasteiger partial charge in [-0.25, -0.2) is 4.98 Å². The zero-order valence-corrected chi connectivity index (χ0v) is 34.2. The lowest BCUT2D eigenvalue weighted by molar-refractivity contribution is 1.28. The van der Waals surface area contributed by atoms with Crippen LogP contribution in [0.4, 0.5) is 17.1 Å². The zero-order chi connectivity index (χ0) is 41.7. The highest BCUT2D eigenvalue weighted by Crippen LogP contribution is 2.40. The largest absolute Gasteiger partial charge is 0.311 e. The van der Waals surface area contributed by atoms with Crippen molar-refractivity contribution in [1.82, 2.24) is 15.0 Å². The summed E-state index contributed by atoms with van der Waals surface area (Å²) in [5.74, 6) is 0. The van der Waals surface area contributed by atoms with Crippen LogP contribution in [-0.4, -0.2) is 15.0 Å². The fourth-order valence-electron chi connectivity index (χ4n) is 9.18. The number of para-hydroxylation sites is 1. The van der Waals surface area contributed by atoms with E-state index in [1.807, 2.05) is 42.7 Å². The molecule has 3 heterocycles. The van der Waals surface area contributed by atoms with E-state index in [2.05, 4.69) is 193 Å². The van der Waals surface area contributed by atoms with E-state index in [1.165, 1.54) is 43.4 Å². The summed E-state index contributed by atoms with van der Waals surface area (Å²) < 4.78 is 0. The van der Waals surface area contributed by atoms with Crippen molar-refractivity contribution in [3.63, 3.8) is 0 Å². The van der Waals surface area contributed by atoms with Gasteiger partial charge in [0.15, 0.2) is 0 Å². The first-order valence-electron chi connectivity index (χ1n) is 21.3. The van der Waals surface area contributed by atoms with Crippen LogP contribution in [0.5, 0.6) is 0 Å². The average Bonchev–Trinajstić information content (AvgIpc) is 3.37. The summed E-state index contributed by atoms with van der Waals surface area (Å²) in [6.45, 7) is 0. The number of anilines is 3. The second kappa shape index (κ2) is 15.2. The summed E-state index contributed by atoms with van der Waals surface area (Å²) in [4.78, 5) is 17.0. The highest BCUT2D eigenvalue weighted by Gasteiger charge is 2.17. The number of pyridine rings is 3. The monoisotopic (exact) mass is 802 g/mol. The Morgan fingerprint density at radius 1 is 0.317 bits per heavy atom. The molecule has 0 saturated carbocycles. The lowest BCUT2D eigenvalue weighted by Gasteiger charge is -2.26. The molecule has 63 heavy (non-hydrogen) atoms. The molecule has 0 spiro atoms. The van der Waals surface area contributed by atoms with Crippen molar-refractivity contribution < 1.29 is 0 Å². The fraction of sp³-hybridized carbons (Fsp3) is 0. The molecule has 294 valence electrons. The van der Waals surface area contributed by atoms with E-state index >= 15 is 0 Å². The van der Waals surface area contributed by atoms with Gasteiger partial charge in [-0.3, -0.25) is 9.97 Å². The summed E-state index contributed by atoms with van der Waals surface area (Å²) in [5, 5.41) is 9.84. The topological polar surface area (TPSA) is 41.9 Å². The molecule has 0 N–H and O–H groups in total. The molecule has 0 fully saturated rings. The number of aromatic nitrogens is 3. The lowest BCUT2D eigenvalue weighted by atomic mass is 9.92. The van der Waals surface area contributed by atoms with Crippen molar-refractivity contribution in [3.8, 4) is 44.8 Å². The van der Waals surface area contributed by atoms with Crippen LogP contribution in [0.2, 0.25) is 0 Å². The molecule has 0 radical (unpaired) electrons. The van der Waals surface area contributed by atoms with Crippen LogP contribution in [0.15, 0.2) is 231 Å². The molecule has 0 unspecified atom stereocenters. The van der Waals surface area contributed by atoms with Gasteiger partial charge in [-0.05, 0) is 116 Å². The molecule has 4 heteroatoms. The number of benzene rings is 9. The minimum Gasteiger partial charge on any atom is -0.311 e. The summed E-state index contributed by atoms with van der Waals surface area (Å²) >= 11 is 0. The van der Waals surface area contributed by atoms with Gasteiger partial charge in [0.25, 0.3) is 0 Å². The van der Waals surface area contributed by atoms with Crippen LogP contribution >= 0.6 is 0 Å². The third-order valence-corrected chi connectivity index (χ3v) is 12.3. The highest BCUT2D eigenvalue weighted by atomic mass is 15.1.